The van der Waals surface area contributed by atoms with Crippen LogP contribution in [0.2, 0.25) is 10.0 Å². The summed E-state index contributed by atoms with van der Waals surface area (Å²) in [5.74, 6) is -2.09. The summed E-state index contributed by atoms with van der Waals surface area (Å²) in [6.45, 7) is 0. The Labute approximate surface area is 133 Å². The number of nitrogens with one attached hydrogen (secondary N) is 1. The van der Waals surface area contributed by atoms with Gasteiger partial charge in [0, 0.05) is 5.38 Å². The number of benzene rings is 1. The lowest BCUT2D eigenvalue weighted by molar-refractivity contribution is 0.0697. The van der Waals surface area contributed by atoms with Gasteiger partial charge >= 0.3 is 5.97 Å². The first-order valence-corrected chi connectivity index (χ1v) is 8.32. The predicted octanol–water partition coefficient (Wildman–Crippen LogP) is 3.69. The quantitative estimate of drug-likeness (QED) is 0.804. The van der Waals surface area contributed by atoms with Crippen molar-refractivity contribution in [2.24, 2.45) is 0 Å². The molecule has 0 aliphatic carbocycles. The summed E-state index contributed by atoms with van der Waals surface area (Å²) in [4.78, 5) is 10.7. The molecule has 1 aromatic carbocycles. The number of thiophene rings is 1. The lowest BCUT2D eigenvalue weighted by Crippen LogP contribution is -2.11. The van der Waals surface area contributed by atoms with Crippen LogP contribution >= 0.6 is 34.5 Å². The zero-order valence-electron chi connectivity index (χ0n) is 9.93. The smallest absolute Gasteiger partial charge is 0.336 e. The number of hydrogen-bond acceptors (Lipinski definition) is 4. The van der Waals surface area contributed by atoms with E-state index in [2.05, 4.69) is 4.72 Å². The van der Waals surface area contributed by atoms with Gasteiger partial charge in [0.05, 0.1) is 21.3 Å². The van der Waals surface area contributed by atoms with Crippen molar-refractivity contribution in [3.05, 3.63) is 45.0 Å². The molecule has 21 heavy (non-hydrogen) atoms. The van der Waals surface area contributed by atoms with Gasteiger partial charge in [-0.3, -0.25) is 4.72 Å². The molecule has 2 N–H and O–H groups in total. The zero-order valence-corrected chi connectivity index (χ0v) is 13.1. The zero-order chi connectivity index (χ0) is 15.8. The van der Waals surface area contributed by atoms with Gasteiger partial charge in [0.2, 0.25) is 0 Å². The minimum absolute atomic E-state index is 0.0309. The van der Waals surface area contributed by atoms with Crippen molar-refractivity contribution in [3.8, 4) is 0 Å². The molecule has 0 fully saturated rings. The van der Waals surface area contributed by atoms with Gasteiger partial charge in [-0.25, -0.2) is 17.6 Å². The Morgan fingerprint density at radius 3 is 2.29 bits per heavy atom. The summed E-state index contributed by atoms with van der Waals surface area (Å²) >= 11 is 11.9. The molecule has 0 unspecified atom stereocenters. The number of anilines is 1. The second kappa shape index (κ2) is 5.80. The third kappa shape index (κ3) is 3.46. The van der Waals surface area contributed by atoms with E-state index in [4.69, 9.17) is 28.3 Å². The number of halogens is 3. The number of rotatable bonds is 4. The van der Waals surface area contributed by atoms with E-state index in [9.17, 15) is 17.6 Å². The Morgan fingerprint density at radius 2 is 1.81 bits per heavy atom. The standard InChI is InChI=1S/C11H6Cl2FNO4S2/c12-7-2-6(3-8(13)10(7)14)15-21(18,19)9-1-5(4-20-9)11(16)17/h1-4,15H,(H,16,17). The average molecular weight is 370 g/mol. The lowest BCUT2D eigenvalue weighted by atomic mass is 10.3. The summed E-state index contributed by atoms with van der Waals surface area (Å²) in [6, 6.07) is 3.14. The van der Waals surface area contributed by atoms with Crippen molar-refractivity contribution in [3.63, 3.8) is 0 Å². The first-order chi connectivity index (χ1) is 9.70. The van der Waals surface area contributed by atoms with Crippen LogP contribution in [0, 0.1) is 5.82 Å². The molecule has 0 aliphatic rings. The van der Waals surface area contributed by atoms with Crippen LogP contribution in [0.4, 0.5) is 10.1 Å². The molecular weight excluding hydrogens is 364 g/mol. The Kier molecular flexibility index (Phi) is 4.43. The Bertz CT molecular complexity index is 796. The normalized spacial score (nSPS) is 11.4. The average Bonchev–Trinajstić information content (AvgIpc) is 2.85. The number of hydrogen-bond donors (Lipinski definition) is 2. The van der Waals surface area contributed by atoms with Gasteiger partial charge in [0.15, 0.2) is 5.82 Å². The molecule has 0 bridgehead atoms. The van der Waals surface area contributed by atoms with Gasteiger partial charge in [-0.2, -0.15) is 0 Å². The van der Waals surface area contributed by atoms with Crippen molar-refractivity contribution in [1.29, 1.82) is 0 Å². The second-order valence-electron chi connectivity index (χ2n) is 3.82. The van der Waals surface area contributed by atoms with Crippen LogP contribution in [0.25, 0.3) is 0 Å². The van der Waals surface area contributed by atoms with Crippen LogP contribution in [0.3, 0.4) is 0 Å². The molecule has 10 heteroatoms. The first-order valence-electron chi connectivity index (χ1n) is 5.20. The summed E-state index contributed by atoms with van der Waals surface area (Å²) < 4.78 is 39.3. The van der Waals surface area contributed by atoms with Crippen LogP contribution < -0.4 is 4.72 Å². The maximum Gasteiger partial charge on any atom is 0.336 e. The molecule has 0 amide bonds. The number of carbonyl (C=O) groups is 1. The molecule has 0 spiro atoms. The van der Waals surface area contributed by atoms with Crippen molar-refractivity contribution >= 4 is 56.2 Å². The molecule has 5 nitrogen and oxygen atoms in total. The highest BCUT2D eigenvalue weighted by Crippen LogP contribution is 2.29. The number of sulfonamides is 1. The second-order valence-corrected chi connectivity index (χ2v) is 7.45. The molecule has 0 saturated carbocycles. The highest BCUT2D eigenvalue weighted by atomic mass is 35.5. The maximum absolute atomic E-state index is 13.3. The van der Waals surface area contributed by atoms with Crippen LogP contribution in [0.5, 0.6) is 0 Å². The highest BCUT2D eigenvalue weighted by Gasteiger charge is 2.20. The maximum atomic E-state index is 13.3. The molecule has 0 radical (unpaired) electrons. The van der Waals surface area contributed by atoms with E-state index < -0.39 is 21.8 Å². The molecular formula is C11H6Cl2FNO4S2. The minimum Gasteiger partial charge on any atom is -0.478 e. The van der Waals surface area contributed by atoms with E-state index in [1.165, 1.54) is 5.38 Å². The third-order valence-electron chi connectivity index (χ3n) is 2.32. The largest absolute Gasteiger partial charge is 0.478 e. The van der Waals surface area contributed by atoms with Gasteiger partial charge in [0.25, 0.3) is 10.0 Å². The van der Waals surface area contributed by atoms with Crippen molar-refractivity contribution in [2.45, 2.75) is 4.21 Å². The van der Waals surface area contributed by atoms with Gasteiger partial charge in [0.1, 0.15) is 4.21 Å². The van der Waals surface area contributed by atoms with Gasteiger partial charge in [-0.15, -0.1) is 11.3 Å². The van der Waals surface area contributed by atoms with E-state index in [-0.39, 0.29) is 25.5 Å². The molecule has 1 aromatic heterocycles. The lowest BCUT2D eigenvalue weighted by Gasteiger charge is -2.08. The fraction of sp³-hybridized carbons (Fsp3) is 0. The van der Waals surface area contributed by atoms with Gasteiger partial charge < -0.3 is 5.11 Å². The van der Waals surface area contributed by atoms with Crippen molar-refractivity contribution in [2.75, 3.05) is 4.72 Å². The Hall–Kier alpha value is -1.35. The van der Waals surface area contributed by atoms with E-state index in [1.54, 1.807) is 0 Å². The van der Waals surface area contributed by atoms with Gasteiger partial charge in [-0.1, -0.05) is 23.2 Å². The SMILES string of the molecule is O=C(O)c1csc(S(=O)(=O)Nc2cc(Cl)c(F)c(Cl)c2)c1. The minimum atomic E-state index is -4.01. The molecule has 112 valence electrons. The predicted molar refractivity (Wildman–Crippen MR) is 78.5 cm³/mol. The summed E-state index contributed by atoms with van der Waals surface area (Å²) in [5, 5.41) is 9.30. The molecule has 2 rings (SSSR count). The topological polar surface area (TPSA) is 83.5 Å². The molecule has 0 atom stereocenters. The fourth-order valence-electron chi connectivity index (χ4n) is 1.39. The van der Waals surface area contributed by atoms with E-state index in [0.29, 0.717) is 0 Å². The third-order valence-corrected chi connectivity index (χ3v) is 5.69. The number of carboxylic acid groups (broad SMARTS) is 1. The molecule has 2 aromatic rings. The van der Waals surface area contributed by atoms with Crippen molar-refractivity contribution < 1.29 is 22.7 Å². The van der Waals surface area contributed by atoms with Crippen molar-refractivity contribution in [1.82, 2.24) is 0 Å². The Balaban J connectivity index is 2.35. The molecule has 0 saturated heterocycles. The number of carboxylic acids is 1. The highest BCUT2D eigenvalue weighted by molar-refractivity contribution is 7.94. The van der Waals surface area contributed by atoms with E-state index >= 15 is 0 Å². The number of aromatic carboxylic acids is 1. The van der Waals surface area contributed by atoms with Crippen LogP contribution in [-0.4, -0.2) is 19.5 Å². The molecule has 0 aliphatic heterocycles. The summed E-state index contributed by atoms with van der Waals surface area (Å²) in [6.07, 6.45) is 0. The molecule has 1 heterocycles. The van der Waals surface area contributed by atoms with E-state index in [1.807, 2.05) is 0 Å². The van der Waals surface area contributed by atoms with E-state index in [0.717, 1.165) is 29.5 Å². The Morgan fingerprint density at radius 1 is 1.24 bits per heavy atom. The first kappa shape index (κ1) is 16.0. The van der Waals surface area contributed by atoms with Crippen LogP contribution in [0.1, 0.15) is 10.4 Å². The summed E-state index contributed by atoms with van der Waals surface area (Å²) in [5.41, 5.74) is -0.174. The fourth-order valence-corrected chi connectivity index (χ4v) is 4.07. The van der Waals surface area contributed by atoms with Crippen LogP contribution in [0.15, 0.2) is 27.8 Å². The van der Waals surface area contributed by atoms with Crippen LogP contribution in [-0.2, 0) is 10.0 Å². The monoisotopic (exact) mass is 369 g/mol. The van der Waals surface area contributed by atoms with Gasteiger partial charge in [-0.05, 0) is 18.2 Å². The summed E-state index contributed by atoms with van der Waals surface area (Å²) in [7, 11) is -4.01.